The monoisotopic (exact) mass is 397 g/mol. The summed E-state index contributed by atoms with van der Waals surface area (Å²) < 4.78 is 33.3. The van der Waals surface area contributed by atoms with E-state index in [4.69, 9.17) is 10.5 Å². The van der Waals surface area contributed by atoms with Crippen molar-refractivity contribution in [3.63, 3.8) is 0 Å². The van der Waals surface area contributed by atoms with Gasteiger partial charge in [0.05, 0.1) is 11.3 Å². The van der Waals surface area contributed by atoms with Crippen LogP contribution < -0.4 is 10.5 Å². The van der Waals surface area contributed by atoms with Gasteiger partial charge in [0.25, 0.3) is 0 Å². The second-order valence-corrected chi connectivity index (χ2v) is 6.96. The molecular formula is C22H21F2N3O2. The number of aromatic amines is 1. The van der Waals surface area contributed by atoms with Crippen molar-refractivity contribution in [1.29, 1.82) is 0 Å². The molecular weight excluding hydrogens is 376 g/mol. The van der Waals surface area contributed by atoms with Gasteiger partial charge in [0.2, 0.25) is 5.91 Å². The van der Waals surface area contributed by atoms with E-state index in [9.17, 15) is 13.6 Å². The Labute approximate surface area is 166 Å². The zero-order valence-corrected chi connectivity index (χ0v) is 16.0. The molecule has 0 aliphatic carbocycles. The van der Waals surface area contributed by atoms with Crippen LogP contribution in [0, 0.1) is 11.6 Å². The Kier molecular flexibility index (Phi) is 4.96. The highest BCUT2D eigenvalue weighted by Gasteiger charge is 2.23. The number of H-pyrrole nitrogens is 1. The standard InChI is InChI=1S/C22H21F2N3O2/c1-2-27(8-7-13-11-26-20-6-3-14(23)9-17(13)20)15-10-18-16(22(25)28)4-5-19(24)21(18)29-12-15/h3-6,9-11,26H,2,7-8,12H2,1H3,(H2,25,28). The fourth-order valence-electron chi connectivity index (χ4n) is 3.73. The van der Waals surface area contributed by atoms with Crippen molar-refractivity contribution in [2.45, 2.75) is 13.3 Å². The summed E-state index contributed by atoms with van der Waals surface area (Å²) in [6, 6.07) is 7.23. The van der Waals surface area contributed by atoms with Crippen molar-refractivity contribution in [2.75, 3.05) is 19.7 Å². The average molecular weight is 397 g/mol. The lowest BCUT2D eigenvalue weighted by Gasteiger charge is -2.29. The van der Waals surface area contributed by atoms with Crippen LogP contribution in [0.1, 0.15) is 28.4 Å². The predicted octanol–water partition coefficient (Wildman–Crippen LogP) is 3.84. The molecule has 0 fully saturated rings. The highest BCUT2D eigenvalue weighted by Crippen LogP contribution is 2.33. The molecule has 0 unspecified atom stereocenters. The SMILES string of the molecule is CCN(CCc1c[nH]c2ccc(F)cc12)C1=Cc2c(C(N)=O)ccc(F)c2OC1. The van der Waals surface area contributed by atoms with Crippen molar-refractivity contribution < 1.29 is 18.3 Å². The van der Waals surface area contributed by atoms with Gasteiger partial charge in [-0.3, -0.25) is 4.79 Å². The number of nitrogens with two attached hydrogens (primary N) is 1. The molecule has 3 aromatic rings. The number of rotatable bonds is 6. The summed E-state index contributed by atoms with van der Waals surface area (Å²) in [5, 5.41) is 0.860. The van der Waals surface area contributed by atoms with E-state index < -0.39 is 11.7 Å². The largest absolute Gasteiger partial charge is 0.484 e. The third kappa shape index (κ3) is 3.55. The first-order chi connectivity index (χ1) is 14.0. The minimum absolute atomic E-state index is 0.0493. The number of ether oxygens (including phenoxy) is 1. The van der Waals surface area contributed by atoms with Crippen molar-refractivity contribution in [3.8, 4) is 5.75 Å². The average Bonchev–Trinajstić information content (AvgIpc) is 3.10. The van der Waals surface area contributed by atoms with E-state index >= 15 is 0 Å². The van der Waals surface area contributed by atoms with Crippen LogP contribution in [-0.4, -0.2) is 35.5 Å². The maximum atomic E-state index is 14.1. The lowest BCUT2D eigenvalue weighted by Crippen LogP contribution is -2.30. The van der Waals surface area contributed by atoms with Crippen LogP contribution >= 0.6 is 0 Å². The second kappa shape index (κ2) is 7.58. The van der Waals surface area contributed by atoms with E-state index in [0.29, 0.717) is 25.1 Å². The lowest BCUT2D eigenvalue weighted by molar-refractivity contribution is 0.0999. The normalized spacial score (nSPS) is 13.0. The van der Waals surface area contributed by atoms with E-state index in [1.165, 1.54) is 24.3 Å². The second-order valence-electron chi connectivity index (χ2n) is 6.96. The zero-order chi connectivity index (χ0) is 20.5. The zero-order valence-electron chi connectivity index (χ0n) is 16.0. The number of benzene rings is 2. The van der Waals surface area contributed by atoms with Crippen molar-refractivity contribution in [1.82, 2.24) is 9.88 Å². The molecule has 2 heterocycles. The molecule has 3 N–H and O–H groups in total. The number of aromatic nitrogens is 1. The van der Waals surface area contributed by atoms with Crippen LogP contribution in [0.4, 0.5) is 8.78 Å². The summed E-state index contributed by atoms with van der Waals surface area (Å²) >= 11 is 0. The molecule has 4 rings (SSSR count). The van der Waals surface area contributed by atoms with Crippen LogP contribution in [-0.2, 0) is 6.42 Å². The van der Waals surface area contributed by atoms with E-state index in [2.05, 4.69) is 9.88 Å². The van der Waals surface area contributed by atoms with Crippen LogP contribution in [0.3, 0.4) is 0 Å². The minimum Gasteiger partial charge on any atom is -0.484 e. The number of carbonyl (C=O) groups is 1. The van der Waals surface area contributed by atoms with Gasteiger partial charge in [-0.25, -0.2) is 8.78 Å². The number of nitrogens with zero attached hydrogens (tertiary/aromatic N) is 1. The molecule has 0 spiro atoms. The Bertz CT molecular complexity index is 1120. The first kappa shape index (κ1) is 19.0. The van der Waals surface area contributed by atoms with E-state index in [-0.39, 0.29) is 23.7 Å². The number of carbonyl (C=O) groups excluding carboxylic acids is 1. The molecule has 29 heavy (non-hydrogen) atoms. The molecule has 7 heteroatoms. The Morgan fingerprint density at radius 1 is 1.28 bits per heavy atom. The highest BCUT2D eigenvalue weighted by molar-refractivity contribution is 5.98. The summed E-state index contributed by atoms with van der Waals surface area (Å²) in [7, 11) is 0. The quantitative estimate of drug-likeness (QED) is 0.664. The van der Waals surface area contributed by atoms with Gasteiger partial charge in [-0.1, -0.05) is 0 Å². The number of nitrogens with one attached hydrogen (secondary N) is 1. The number of primary amides is 1. The fraction of sp³-hybridized carbons (Fsp3) is 0.227. The maximum absolute atomic E-state index is 14.1. The van der Waals surface area contributed by atoms with E-state index in [0.717, 1.165) is 22.2 Å². The summed E-state index contributed by atoms with van der Waals surface area (Å²) in [4.78, 5) is 17.0. The number of likely N-dealkylation sites (N-methyl/N-ethyl adjacent to an activating group) is 1. The molecule has 0 bridgehead atoms. The van der Waals surface area contributed by atoms with Gasteiger partial charge in [-0.2, -0.15) is 0 Å². The summed E-state index contributed by atoms with van der Waals surface area (Å²) in [5.74, 6) is -1.38. The third-order valence-corrected chi connectivity index (χ3v) is 5.26. The van der Waals surface area contributed by atoms with E-state index in [1.807, 2.05) is 13.1 Å². The number of fused-ring (bicyclic) bond motifs is 2. The minimum atomic E-state index is -0.633. The van der Waals surface area contributed by atoms with Gasteiger partial charge in [0, 0.05) is 35.8 Å². The van der Waals surface area contributed by atoms with E-state index in [1.54, 1.807) is 12.1 Å². The summed E-state index contributed by atoms with van der Waals surface area (Å²) in [5.41, 5.74) is 8.76. The molecule has 150 valence electrons. The van der Waals surface area contributed by atoms with Crippen molar-refractivity contribution in [3.05, 3.63) is 70.6 Å². The highest BCUT2D eigenvalue weighted by atomic mass is 19.1. The Morgan fingerprint density at radius 2 is 2.10 bits per heavy atom. The Morgan fingerprint density at radius 3 is 2.86 bits per heavy atom. The smallest absolute Gasteiger partial charge is 0.249 e. The summed E-state index contributed by atoms with van der Waals surface area (Å²) in [6.07, 6.45) is 4.34. The van der Waals surface area contributed by atoms with Gasteiger partial charge < -0.3 is 20.4 Å². The third-order valence-electron chi connectivity index (χ3n) is 5.26. The molecule has 0 atom stereocenters. The topological polar surface area (TPSA) is 71.3 Å². The molecule has 2 aromatic carbocycles. The van der Waals surface area contributed by atoms with Crippen LogP contribution in [0.15, 0.2) is 42.2 Å². The molecule has 5 nitrogen and oxygen atoms in total. The molecule has 0 radical (unpaired) electrons. The lowest BCUT2D eigenvalue weighted by atomic mass is 10.0. The number of amides is 1. The van der Waals surface area contributed by atoms with Gasteiger partial charge in [0.15, 0.2) is 11.6 Å². The van der Waals surface area contributed by atoms with Crippen LogP contribution in [0.2, 0.25) is 0 Å². The number of halogens is 2. The number of hydrogen-bond acceptors (Lipinski definition) is 3. The predicted molar refractivity (Wildman–Crippen MR) is 108 cm³/mol. The molecule has 1 aliphatic heterocycles. The molecule has 0 saturated heterocycles. The first-order valence-electron chi connectivity index (χ1n) is 9.44. The van der Waals surface area contributed by atoms with Gasteiger partial charge in [-0.05, 0) is 55.3 Å². The fourth-order valence-corrected chi connectivity index (χ4v) is 3.73. The van der Waals surface area contributed by atoms with Gasteiger partial charge in [-0.15, -0.1) is 0 Å². The van der Waals surface area contributed by atoms with Gasteiger partial charge >= 0.3 is 0 Å². The molecule has 1 amide bonds. The van der Waals surface area contributed by atoms with Crippen LogP contribution in [0.25, 0.3) is 17.0 Å². The van der Waals surface area contributed by atoms with Crippen molar-refractivity contribution >= 4 is 22.9 Å². The van der Waals surface area contributed by atoms with Crippen molar-refractivity contribution in [2.24, 2.45) is 5.73 Å². The Hall–Kier alpha value is -3.35. The summed E-state index contributed by atoms with van der Waals surface area (Å²) in [6.45, 7) is 3.56. The number of hydrogen-bond donors (Lipinski definition) is 2. The van der Waals surface area contributed by atoms with Gasteiger partial charge in [0.1, 0.15) is 12.4 Å². The first-order valence-corrected chi connectivity index (χ1v) is 9.44. The maximum Gasteiger partial charge on any atom is 0.249 e. The molecule has 0 saturated carbocycles. The van der Waals surface area contributed by atoms with Crippen LogP contribution in [0.5, 0.6) is 5.75 Å². The Balaban J connectivity index is 1.60. The molecule has 1 aliphatic rings. The molecule has 1 aromatic heterocycles.